The van der Waals surface area contributed by atoms with Gasteiger partial charge in [0.05, 0.1) is 25.0 Å². The van der Waals surface area contributed by atoms with Crippen LogP contribution in [-0.2, 0) is 29.0 Å². The number of hydrogen-bond acceptors (Lipinski definition) is 11. The number of hydrogen-bond donors (Lipinski definition) is 3. The van der Waals surface area contributed by atoms with E-state index in [1.165, 1.54) is 10.8 Å². The maximum Gasteiger partial charge on any atom is 0.459 e. The maximum atomic E-state index is 13.9. The average molecular weight is 559 g/mol. The number of aliphatic hydroxyl groups excluding tert-OH is 1. The molecule has 3 aromatic rings. The van der Waals surface area contributed by atoms with Crippen LogP contribution in [-0.4, -0.2) is 57.1 Å². The predicted molar refractivity (Wildman–Crippen MR) is 139 cm³/mol. The Morgan fingerprint density at radius 1 is 1.36 bits per heavy atom. The molecule has 14 heteroatoms. The van der Waals surface area contributed by atoms with Crippen LogP contribution in [0.5, 0.6) is 5.75 Å². The molecule has 0 aliphatic carbocycles. The van der Waals surface area contributed by atoms with Crippen LogP contribution in [0.3, 0.4) is 0 Å². The molecule has 1 fully saturated rings. The van der Waals surface area contributed by atoms with Crippen LogP contribution in [0.4, 0.5) is 5.82 Å². The first-order chi connectivity index (χ1) is 18.6. The van der Waals surface area contributed by atoms with E-state index in [0.717, 1.165) is 0 Å². The average Bonchev–Trinajstić information content (AvgIpc) is 3.49. The standard InChI is InChI=1S/C25H31N6O7P/c1-4-35-24(33)22(16(2)3)30-39(34,38-17-8-6-5-7-9-17)36-13-18-12-21(32)25(14-26,37-18)20-11-10-19-23(27)28-15-29-31(19)20/h5-11,15-16,18,21-22,32H,4,12-13H2,1-3H3,(H,30,34)(H2,27,28,29)/t18-,21+,22?,25-,39?/m0/s1. The number of aliphatic hydroxyl groups is 1. The zero-order chi connectivity index (χ0) is 28.2. The number of para-hydroxylation sites is 1. The van der Waals surface area contributed by atoms with Crippen molar-refractivity contribution in [1.82, 2.24) is 19.7 Å². The summed E-state index contributed by atoms with van der Waals surface area (Å²) >= 11 is 0. The van der Waals surface area contributed by atoms with Gasteiger partial charge in [0.25, 0.3) is 0 Å². The number of benzene rings is 1. The van der Waals surface area contributed by atoms with E-state index in [4.69, 9.17) is 24.3 Å². The molecule has 2 unspecified atom stereocenters. The molecule has 1 aliphatic heterocycles. The molecule has 1 aliphatic rings. The number of anilines is 1. The van der Waals surface area contributed by atoms with E-state index >= 15 is 0 Å². The van der Waals surface area contributed by atoms with Crippen molar-refractivity contribution in [2.45, 2.75) is 51.0 Å². The van der Waals surface area contributed by atoms with Crippen LogP contribution < -0.4 is 15.3 Å². The zero-order valence-electron chi connectivity index (χ0n) is 21.8. The SMILES string of the molecule is CCOC(=O)C(NP(=O)(OC[C@@H]1C[C@@H](O)[C@](C#N)(c2ccc3c(N)ncnn23)O1)Oc1ccccc1)C(C)C. The van der Waals surface area contributed by atoms with Gasteiger partial charge >= 0.3 is 13.7 Å². The van der Waals surface area contributed by atoms with Crippen molar-refractivity contribution in [2.24, 2.45) is 5.92 Å². The number of nitrogens with one attached hydrogen (secondary N) is 1. The summed E-state index contributed by atoms with van der Waals surface area (Å²) in [5.74, 6) is -0.475. The minimum atomic E-state index is -4.19. The Kier molecular flexibility index (Phi) is 8.54. The molecular formula is C25H31N6O7P. The Balaban J connectivity index is 1.57. The summed E-state index contributed by atoms with van der Waals surface area (Å²) in [5.41, 5.74) is 4.81. The van der Waals surface area contributed by atoms with Crippen LogP contribution in [0.15, 0.2) is 48.8 Å². The zero-order valence-corrected chi connectivity index (χ0v) is 22.7. The quantitative estimate of drug-likeness (QED) is 0.231. The van der Waals surface area contributed by atoms with Gasteiger partial charge in [-0.2, -0.15) is 15.4 Å². The second-order valence-corrected chi connectivity index (χ2v) is 11.0. The molecule has 0 radical (unpaired) electrons. The summed E-state index contributed by atoms with van der Waals surface area (Å²) in [6, 6.07) is 12.6. The third-order valence-electron chi connectivity index (χ3n) is 6.24. The first-order valence-corrected chi connectivity index (χ1v) is 14.0. The highest BCUT2D eigenvalue weighted by molar-refractivity contribution is 7.52. The molecule has 13 nitrogen and oxygen atoms in total. The molecule has 3 heterocycles. The van der Waals surface area contributed by atoms with Crippen LogP contribution >= 0.6 is 7.75 Å². The van der Waals surface area contributed by atoms with Crippen molar-refractivity contribution in [1.29, 1.82) is 5.26 Å². The first-order valence-electron chi connectivity index (χ1n) is 12.4. The van der Waals surface area contributed by atoms with Gasteiger partial charge in [0.2, 0.25) is 5.60 Å². The number of carbonyl (C=O) groups excluding carboxylic acids is 1. The van der Waals surface area contributed by atoms with Crippen molar-refractivity contribution in [2.75, 3.05) is 18.9 Å². The normalized spacial score (nSPS) is 23.3. The molecule has 2 aromatic heterocycles. The fourth-order valence-corrected chi connectivity index (χ4v) is 5.98. The Morgan fingerprint density at radius 2 is 2.10 bits per heavy atom. The van der Waals surface area contributed by atoms with Crippen molar-refractivity contribution in [3.05, 3.63) is 54.5 Å². The number of nitriles is 1. The first kappa shape index (κ1) is 28.5. The number of fused-ring (bicyclic) bond motifs is 1. The summed E-state index contributed by atoms with van der Waals surface area (Å²) in [7, 11) is -4.19. The van der Waals surface area contributed by atoms with Crippen molar-refractivity contribution >= 4 is 25.1 Å². The number of esters is 1. The van der Waals surface area contributed by atoms with Crippen LogP contribution in [0.1, 0.15) is 32.9 Å². The van der Waals surface area contributed by atoms with Gasteiger partial charge in [-0.3, -0.25) is 9.32 Å². The van der Waals surface area contributed by atoms with E-state index in [1.807, 2.05) is 0 Å². The third-order valence-corrected chi connectivity index (χ3v) is 7.77. The Bertz CT molecular complexity index is 1390. The van der Waals surface area contributed by atoms with E-state index in [9.17, 15) is 19.7 Å². The lowest BCUT2D eigenvalue weighted by Crippen LogP contribution is -2.42. The molecule has 208 valence electrons. The fraction of sp³-hybridized carbons (Fsp3) is 0.440. The van der Waals surface area contributed by atoms with E-state index in [1.54, 1.807) is 63.2 Å². The summed E-state index contributed by atoms with van der Waals surface area (Å²) in [4.78, 5) is 16.5. The summed E-state index contributed by atoms with van der Waals surface area (Å²) < 4.78 is 38.0. The van der Waals surface area contributed by atoms with E-state index < -0.39 is 37.6 Å². The Morgan fingerprint density at radius 3 is 2.77 bits per heavy atom. The van der Waals surface area contributed by atoms with Crippen LogP contribution in [0.2, 0.25) is 0 Å². The number of nitrogens with two attached hydrogens (primary N) is 1. The summed E-state index contributed by atoms with van der Waals surface area (Å²) in [6.07, 6.45) is -0.913. The van der Waals surface area contributed by atoms with Gasteiger partial charge in [-0.25, -0.2) is 14.1 Å². The smallest absolute Gasteiger partial charge is 0.459 e. The van der Waals surface area contributed by atoms with Gasteiger partial charge in [-0.15, -0.1) is 0 Å². The van der Waals surface area contributed by atoms with Crippen molar-refractivity contribution < 1.29 is 33.0 Å². The van der Waals surface area contributed by atoms with E-state index in [0.29, 0.717) is 5.52 Å². The van der Waals surface area contributed by atoms with Gasteiger partial charge in [0.15, 0.2) is 5.82 Å². The second-order valence-electron chi connectivity index (χ2n) is 9.30. The molecule has 5 atom stereocenters. The molecule has 1 saturated heterocycles. The van der Waals surface area contributed by atoms with Crippen LogP contribution in [0, 0.1) is 17.2 Å². The van der Waals surface area contributed by atoms with E-state index in [-0.39, 0.29) is 42.8 Å². The van der Waals surface area contributed by atoms with Gasteiger partial charge in [-0.1, -0.05) is 32.0 Å². The lowest BCUT2D eigenvalue weighted by atomic mass is 9.94. The Labute approximate surface area is 225 Å². The molecule has 1 aromatic carbocycles. The molecule has 4 rings (SSSR count). The molecule has 0 bridgehead atoms. The predicted octanol–water partition coefficient (Wildman–Crippen LogP) is 2.56. The lowest BCUT2D eigenvalue weighted by molar-refractivity contribution is -0.146. The fourth-order valence-electron chi connectivity index (χ4n) is 4.30. The Hall–Kier alpha value is -3.53. The minimum Gasteiger partial charge on any atom is -0.465 e. The topological polar surface area (TPSA) is 183 Å². The second kappa shape index (κ2) is 11.7. The number of nitrogens with zero attached hydrogens (tertiary/aromatic N) is 4. The lowest BCUT2D eigenvalue weighted by Gasteiger charge is -2.27. The molecule has 0 amide bonds. The molecule has 0 spiro atoms. The minimum absolute atomic E-state index is 0.0157. The molecule has 39 heavy (non-hydrogen) atoms. The number of carbonyl (C=O) groups is 1. The van der Waals surface area contributed by atoms with Gasteiger partial charge in [0.1, 0.15) is 35.8 Å². The monoisotopic (exact) mass is 558 g/mol. The number of aromatic nitrogens is 3. The summed E-state index contributed by atoms with van der Waals surface area (Å²) in [5, 5.41) is 27.9. The summed E-state index contributed by atoms with van der Waals surface area (Å²) in [6.45, 7) is 5.01. The number of rotatable bonds is 11. The van der Waals surface area contributed by atoms with Crippen LogP contribution in [0.25, 0.3) is 5.52 Å². The number of ether oxygens (including phenoxy) is 2. The van der Waals surface area contributed by atoms with Crippen molar-refractivity contribution in [3.8, 4) is 11.8 Å². The maximum absolute atomic E-state index is 13.9. The van der Waals surface area contributed by atoms with Gasteiger partial charge in [0, 0.05) is 6.42 Å². The molecule has 0 saturated carbocycles. The van der Waals surface area contributed by atoms with Gasteiger partial charge < -0.3 is 24.8 Å². The highest BCUT2D eigenvalue weighted by Crippen LogP contribution is 2.47. The van der Waals surface area contributed by atoms with Gasteiger partial charge in [-0.05, 0) is 37.1 Å². The molecular weight excluding hydrogens is 527 g/mol. The largest absolute Gasteiger partial charge is 0.465 e. The molecule has 4 N–H and O–H groups in total. The third kappa shape index (κ3) is 5.90. The number of nitrogen functional groups attached to an aromatic ring is 1. The van der Waals surface area contributed by atoms with Crippen molar-refractivity contribution in [3.63, 3.8) is 0 Å². The van der Waals surface area contributed by atoms with E-state index in [2.05, 4.69) is 21.2 Å². The highest BCUT2D eigenvalue weighted by Gasteiger charge is 2.52. The highest BCUT2D eigenvalue weighted by atomic mass is 31.2.